The molecule has 29 heavy (non-hydrogen) atoms. The van der Waals surface area contributed by atoms with Gasteiger partial charge in [-0.1, -0.05) is 24.3 Å². The third-order valence-corrected chi connectivity index (χ3v) is 4.91. The molecule has 0 radical (unpaired) electrons. The number of hydrogen-bond acceptors (Lipinski definition) is 3. The van der Waals surface area contributed by atoms with Gasteiger partial charge in [-0.15, -0.1) is 0 Å². The highest BCUT2D eigenvalue weighted by molar-refractivity contribution is 5.82. The Balaban J connectivity index is 2.43. The maximum absolute atomic E-state index is 14.6. The number of carboxylic acid groups (broad SMARTS) is 1. The van der Waals surface area contributed by atoms with E-state index in [1.807, 2.05) is 0 Å². The number of rotatable bonds is 3. The Bertz CT molecular complexity index is 1130. The van der Waals surface area contributed by atoms with E-state index in [2.05, 4.69) is 4.98 Å². The van der Waals surface area contributed by atoms with Crippen molar-refractivity contribution in [1.29, 1.82) is 0 Å². The molecule has 6 nitrogen and oxygen atoms in total. The Morgan fingerprint density at radius 1 is 1.17 bits per heavy atom. The van der Waals surface area contributed by atoms with E-state index in [1.165, 1.54) is 15.5 Å². The second-order valence-electron chi connectivity index (χ2n) is 8.03. The van der Waals surface area contributed by atoms with Crippen LogP contribution < -0.4 is 5.56 Å². The van der Waals surface area contributed by atoms with E-state index in [-0.39, 0.29) is 16.7 Å². The van der Waals surface area contributed by atoms with Crippen molar-refractivity contribution in [3.8, 4) is 5.69 Å². The van der Waals surface area contributed by atoms with Crippen LogP contribution in [-0.4, -0.2) is 31.2 Å². The molecule has 0 spiro atoms. The fourth-order valence-electron chi connectivity index (χ4n) is 3.65. The summed E-state index contributed by atoms with van der Waals surface area (Å²) >= 11 is 0. The van der Waals surface area contributed by atoms with Crippen molar-refractivity contribution < 1.29 is 14.3 Å². The number of hydrogen-bond donors (Lipinski definition) is 1. The third-order valence-electron chi connectivity index (χ3n) is 4.91. The first-order chi connectivity index (χ1) is 13.5. The smallest absolute Gasteiger partial charge is 0.408 e. The van der Waals surface area contributed by atoms with Gasteiger partial charge in [-0.05, 0) is 58.4 Å². The highest BCUT2D eigenvalue weighted by Gasteiger charge is 2.34. The van der Waals surface area contributed by atoms with Crippen LogP contribution in [0.25, 0.3) is 16.6 Å². The highest BCUT2D eigenvalue weighted by atomic mass is 19.1. The molecule has 0 bridgehead atoms. The van der Waals surface area contributed by atoms with Gasteiger partial charge in [-0.25, -0.2) is 14.2 Å². The number of halogens is 1. The summed E-state index contributed by atoms with van der Waals surface area (Å²) < 4.78 is 15.9. The Labute approximate surface area is 168 Å². The Morgan fingerprint density at radius 2 is 1.79 bits per heavy atom. The zero-order valence-electron chi connectivity index (χ0n) is 17.1. The fourth-order valence-corrected chi connectivity index (χ4v) is 3.65. The van der Waals surface area contributed by atoms with E-state index in [4.69, 9.17) is 0 Å². The number of aromatic nitrogens is 2. The van der Waals surface area contributed by atoms with Crippen molar-refractivity contribution in [2.24, 2.45) is 0 Å². The molecule has 0 aliphatic rings. The van der Waals surface area contributed by atoms with E-state index in [1.54, 1.807) is 71.0 Å². The van der Waals surface area contributed by atoms with Gasteiger partial charge < -0.3 is 5.11 Å². The number of aryl methyl sites for hydroxylation is 1. The molecule has 1 N–H and O–H groups in total. The lowest BCUT2D eigenvalue weighted by Crippen LogP contribution is -2.47. The summed E-state index contributed by atoms with van der Waals surface area (Å²) in [6.07, 6.45) is -1.13. The Hall–Kier alpha value is -3.22. The van der Waals surface area contributed by atoms with E-state index >= 15 is 0 Å². The van der Waals surface area contributed by atoms with Crippen LogP contribution in [0.4, 0.5) is 9.18 Å². The monoisotopic (exact) mass is 397 g/mol. The van der Waals surface area contributed by atoms with Crippen LogP contribution in [-0.2, 0) is 0 Å². The molecule has 1 amide bonds. The third kappa shape index (κ3) is 3.60. The topological polar surface area (TPSA) is 75.4 Å². The molecule has 3 aromatic rings. The van der Waals surface area contributed by atoms with Gasteiger partial charge in [0.15, 0.2) is 0 Å². The largest absolute Gasteiger partial charge is 0.465 e. The average molecular weight is 397 g/mol. The molecular weight excluding hydrogens is 373 g/mol. The predicted molar refractivity (Wildman–Crippen MR) is 110 cm³/mol. The van der Waals surface area contributed by atoms with Gasteiger partial charge in [0.2, 0.25) is 0 Å². The summed E-state index contributed by atoms with van der Waals surface area (Å²) in [5, 5.41) is 9.73. The summed E-state index contributed by atoms with van der Waals surface area (Å²) in [7, 11) is 0. The minimum atomic E-state index is -1.13. The second kappa shape index (κ2) is 7.31. The van der Waals surface area contributed by atoms with Crippen molar-refractivity contribution in [2.75, 3.05) is 0 Å². The van der Waals surface area contributed by atoms with E-state index in [9.17, 15) is 19.1 Å². The molecule has 7 heteroatoms. The quantitative estimate of drug-likeness (QED) is 0.697. The minimum Gasteiger partial charge on any atom is -0.465 e. The van der Waals surface area contributed by atoms with Gasteiger partial charge in [0, 0.05) is 5.54 Å². The number of fused-ring (bicyclic) bond motifs is 1. The van der Waals surface area contributed by atoms with Crippen molar-refractivity contribution >= 4 is 17.0 Å². The van der Waals surface area contributed by atoms with E-state index < -0.39 is 29.1 Å². The van der Waals surface area contributed by atoms with Crippen LogP contribution in [0.5, 0.6) is 0 Å². The lowest BCUT2D eigenvalue weighted by atomic mass is 10.0. The lowest BCUT2D eigenvalue weighted by molar-refractivity contribution is 0.0719. The molecular formula is C22H24FN3O3. The molecule has 0 saturated heterocycles. The maximum atomic E-state index is 14.6. The summed E-state index contributed by atoms with van der Waals surface area (Å²) in [5.41, 5.74) is 0.0710. The number of nitrogens with zero attached hydrogens (tertiary/aromatic N) is 3. The van der Waals surface area contributed by atoms with E-state index in [0.717, 1.165) is 0 Å². The molecule has 1 heterocycles. The van der Waals surface area contributed by atoms with Crippen LogP contribution in [0, 0.1) is 12.7 Å². The minimum absolute atomic E-state index is 0.109. The molecule has 0 fully saturated rings. The first-order valence-electron chi connectivity index (χ1n) is 9.33. The normalized spacial score (nSPS) is 12.8. The highest BCUT2D eigenvalue weighted by Crippen LogP contribution is 2.29. The van der Waals surface area contributed by atoms with Gasteiger partial charge in [-0.2, -0.15) is 0 Å². The Morgan fingerprint density at radius 3 is 2.34 bits per heavy atom. The van der Waals surface area contributed by atoms with Gasteiger partial charge >= 0.3 is 6.09 Å². The van der Waals surface area contributed by atoms with Crippen molar-refractivity contribution in [1.82, 2.24) is 14.5 Å². The number of carbonyl (C=O) groups is 1. The number of amides is 1. The molecule has 2 aromatic carbocycles. The van der Waals surface area contributed by atoms with Crippen molar-refractivity contribution in [2.45, 2.75) is 46.2 Å². The predicted octanol–water partition coefficient (Wildman–Crippen LogP) is 4.67. The second-order valence-corrected chi connectivity index (χ2v) is 8.03. The average Bonchev–Trinajstić information content (AvgIpc) is 2.63. The van der Waals surface area contributed by atoms with E-state index in [0.29, 0.717) is 11.3 Å². The van der Waals surface area contributed by atoms with Crippen LogP contribution >= 0.6 is 0 Å². The maximum Gasteiger partial charge on any atom is 0.408 e. The van der Waals surface area contributed by atoms with Crippen molar-refractivity contribution in [3.63, 3.8) is 0 Å². The lowest BCUT2D eigenvalue weighted by Gasteiger charge is -2.38. The van der Waals surface area contributed by atoms with Crippen LogP contribution in [0.3, 0.4) is 0 Å². The van der Waals surface area contributed by atoms with Gasteiger partial charge in [-0.3, -0.25) is 14.3 Å². The SMILES string of the molecule is Cc1ccc(F)c2c(=O)n(-c3ccccc3)c(C(C)N(C(=O)O)C(C)(C)C)nc12. The summed E-state index contributed by atoms with van der Waals surface area (Å²) in [6, 6.07) is 10.8. The Kier molecular flexibility index (Phi) is 5.17. The first kappa shape index (κ1) is 20.5. The molecule has 1 atom stereocenters. The molecule has 152 valence electrons. The van der Waals surface area contributed by atoms with Gasteiger partial charge in [0.25, 0.3) is 5.56 Å². The van der Waals surface area contributed by atoms with Crippen LogP contribution in [0.2, 0.25) is 0 Å². The van der Waals surface area contributed by atoms with Gasteiger partial charge in [0.1, 0.15) is 17.0 Å². The summed E-state index contributed by atoms with van der Waals surface area (Å²) in [6.45, 7) is 8.74. The molecule has 0 saturated carbocycles. The summed E-state index contributed by atoms with van der Waals surface area (Å²) in [4.78, 5) is 31.3. The van der Waals surface area contributed by atoms with Crippen molar-refractivity contribution in [3.05, 3.63) is 70.0 Å². The number of benzene rings is 2. The zero-order chi connectivity index (χ0) is 21.5. The fraction of sp³-hybridized carbons (Fsp3) is 0.318. The molecule has 1 unspecified atom stereocenters. The summed E-state index contributed by atoms with van der Waals surface area (Å²) in [5.74, 6) is -0.419. The van der Waals surface area contributed by atoms with Crippen LogP contribution in [0.15, 0.2) is 47.3 Å². The molecule has 3 rings (SSSR count). The first-order valence-corrected chi connectivity index (χ1v) is 9.33. The van der Waals surface area contributed by atoms with Gasteiger partial charge in [0.05, 0.1) is 17.2 Å². The molecule has 0 aliphatic carbocycles. The number of para-hydroxylation sites is 1. The standard InChI is InChI=1S/C22H24FN3O3/c1-13-11-12-16(23)17-18(13)24-19(14(2)26(21(28)29)22(3,4)5)25(20(17)27)15-9-7-6-8-10-15/h6-12,14H,1-5H3,(H,28,29). The molecule has 1 aromatic heterocycles. The molecule has 0 aliphatic heterocycles. The zero-order valence-corrected chi connectivity index (χ0v) is 17.1. The van der Waals surface area contributed by atoms with Crippen LogP contribution in [0.1, 0.15) is 45.1 Å².